The van der Waals surface area contributed by atoms with Crippen LogP contribution >= 0.6 is 0 Å². The third kappa shape index (κ3) is 2.98. The average Bonchev–Trinajstić information content (AvgIpc) is 2.28. The molecule has 1 aliphatic rings. The maximum atomic E-state index is 12.0. The normalized spacial score (nSPS) is 27.6. The van der Waals surface area contributed by atoms with E-state index in [-0.39, 0.29) is 11.3 Å². The first-order chi connectivity index (χ1) is 7.39. The highest BCUT2D eigenvalue weighted by Gasteiger charge is 2.31. The van der Waals surface area contributed by atoms with Gasteiger partial charge in [0.05, 0.1) is 5.25 Å². The SMILES string of the molecule is CCC1CCC(N(C)S(=O)(=O)C(C)C)CC1. The Morgan fingerprint density at radius 2 is 1.69 bits per heavy atom. The maximum Gasteiger partial charge on any atom is 0.216 e. The largest absolute Gasteiger partial charge is 0.216 e. The molecule has 0 saturated heterocycles. The minimum Gasteiger partial charge on any atom is -0.212 e. The van der Waals surface area contributed by atoms with Gasteiger partial charge in [-0.25, -0.2) is 12.7 Å². The van der Waals surface area contributed by atoms with E-state index in [0.29, 0.717) is 0 Å². The molecule has 0 heterocycles. The summed E-state index contributed by atoms with van der Waals surface area (Å²) in [5, 5.41) is -0.304. The van der Waals surface area contributed by atoms with Crippen LogP contribution in [0.2, 0.25) is 0 Å². The molecule has 0 bridgehead atoms. The lowest BCUT2D eigenvalue weighted by molar-refractivity contribution is 0.232. The van der Waals surface area contributed by atoms with Crippen molar-refractivity contribution in [1.29, 1.82) is 0 Å². The Morgan fingerprint density at radius 3 is 2.06 bits per heavy atom. The van der Waals surface area contributed by atoms with E-state index in [1.54, 1.807) is 25.2 Å². The zero-order valence-corrected chi connectivity index (χ0v) is 11.8. The highest BCUT2D eigenvalue weighted by atomic mass is 32.2. The second-order valence-corrected chi connectivity index (χ2v) is 7.74. The lowest BCUT2D eigenvalue weighted by atomic mass is 9.85. The number of nitrogens with zero attached hydrogens (tertiary/aromatic N) is 1. The lowest BCUT2D eigenvalue weighted by Crippen LogP contribution is -2.42. The van der Waals surface area contributed by atoms with Crippen molar-refractivity contribution in [2.45, 2.75) is 64.2 Å². The molecular formula is C12H25NO2S. The Bertz CT molecular complexity index is 303. The van der Waals surface area contributed by atoms with Crippen LogP contribution in [0.4, 0.5) is 0 Å². The van der Waals surface area contributed by atoms with Crippen molar-refractivity contribution in [3.8, 4) is 0 Å². The van der Waals surface area contributed by atoms with Crippen molar-refractivity contribution in [3.05, 3.63) is 0 Å². The van der Waals surface area contributed by atoms with Crippen LogP contribution in [0.25, 0.3) is 0 Å². The first-order valence-corrected chi connectivity index (χ1v) is 7.86. The summed E-state index contributed by atoms with van der Waals surface area (Å²) in [6, 6.07) is 0.232. The predicted octanol–water partition coefficient (Wildman–Crippen LogP) is 2.63. The summed E-state index contributed by atoms with van der Waals surface area (Å²) >= 11 is 0. The summed E-state index contributed by atoms with van der Waals surface area (Å²) in [6.45, 7) is 5.73. The molecule has 4 heteroatoms. The molecule has 0 aromatic rings. The van der Waals surface area contributed by atoms with Crippen molar-refractivity contribution >= 4 is 10.0 Å². The standard InChI is InChI=1S/C12H25NO2S/c1-5-11-6-8-12(9-7-11)13(4)16(14,15)10(2)3/h10-12H,5-9H2,1-4H3. The highest BCUT2D eigenvalue weighted by Crippen LogP contribution is 2.30. The van der Waals surface area contributed by atoms with Crippen LogP contribution in [-0.2, 0) is 10.0 Å². The van der Waals surface area contributed by atoms with Crippen molar-refractivity contribution in [2.24, 2.45) is 5.92 Å². The van der Waals surface area contributed by atoms with E-state index >= 15 is 0 Å². The van der Waals surface area contributed by atoms with Gasteiger partial charge in [-0.15, -0.1) is 0 Å². The Labute approximate surface area is 100 Å². The van der Waals surface area contributed by atoms with E-state index < -0.39 is 10.0 Å². The highest BCUT2D eigenvalue weighted by molar-refractivity contribution is 7.89. The van der Waals surface area contributed by atoms with Gasteiger partial charge in [-0.1, -0.05) is 13.3 Å². The van der Waals surface area contributed by atoms with Gasteiger partial charge < -0.3 is 0 Å². The zero-order chi connectivity index (χ0) is 12.3. The smallest absolute Gasteiger partial charge is 0.212 e. The molecule has 0 aromatic carbocycles. The molecule has 0 aliphatic heterocycles. The number of rotatable bonds is 4. The molecular weight excluding hydrogens is 222 g/mol. The van der Waals surface area contributed by atoms with Gasteiger partial charge in [0.2, 0.25) is 10.0 Å². The first-order valence-electron chi connectivity index (χ1n) is 6.36. The van der Waals surface area contributed by atoms with E-state index in [1.807, 2.05) is 0 Å². The third-order valence-corrected chi connectivity index (χ3v) is 6.20. The van der Waals surface area contributed by atoms with Gasteiger partial charge in [0.1, 0.15) is 0 Å². The molecule has 0 N–H and O–H groups in total. The van der Waals surface area contributed by atoms with Crippen LogP contribution in [0.15, 0.2) is 0 Å². The van der Waals surface area contributed by atoms with Crippen LogP contribution in [0.1, 0.15) is 52.9 Å². The third-order valence-electron chi connectivity index (χ3n) is 3.90. The van der Waals surface area contributed by atoms with Crippen molar-refractivity contribution in [3.63, 3.8) is 0 Å². The predicted molar refractivity (Wildman–Crippen MR) is 67.9 cm³/mol. The fourth-order valence-corrected chi connectivity index (χ4v) is 3.75. The van der Waals surface area contributed by atoms with Crippen molar-refractivity contribution in [2.75, 3.05) is 7.05 Å². The van der Waals surface area contributed by atoms with Crippen molar-refractivity contribution in [1.82, 2.24) is 4.31 Å². The van der Waals surface area contributed by atoms with E-state index in [4.69, 9.17) is 0 Å². The zero-order valence-electron chi connectivity index (χ0n) is 10.9. The minimum absolute atomic E-state index is 0.232. The second-order valence-electron chi connectivity index (χ2n) is 5.19. The molecule has 1 rings (SSSR count). The summed E-state index contributed by atoms with van der Waals surface area (Å²) in [6.07, 6.45) is 5.65. The summed E-state index contributed by atoms with van der Waals surface area (Å²) in [4.78, 5) is 0. The lowest BCUT2D eigenvalue weighted by Gasteiger charge is -2.34. The number of hydrogen-bond acceptors (Lipinski definition) is 2. The van der Waals surface area contributed by atoms with Gasteiger partial charge in [-0.3, -0.25) is 0 Å². The average molecular weight is 247 g/mol. The molecule has 0 spiro atoms. The molecule has 3 nitrogen and oxygen atoms in total. The van der Waals surface area contributed by atoms with Crippen LogP contribution in [0.5, 0.6) is 0 Å². The van der Waals surface area contributed by atoms with Crippen LogP contribution < -0.4 is 0 Å². The summed E-state index contributed by atoms with van der Waals surface area (Å²) in [5.41, 5.74) is 0. The quantitative estimate of drug-likeness (QED) is 0.766. The maximum absolute atomic E-state index is 12.0. The summed E-state index contributed by atoms with van der Waals surface area (Å²) < 4.78 is 25.6. The fourth-order valence-electron chi connectivity index (χ4n) is 2.46. The Balaban J connectivity index is 2.60. The van der Waals surface area contributed by atoms with Gasteiger partial charge in [0.25, 0.3) is 0 Å². The van der Waals surface area contributed by atoms with E-state index in [2.05, 4.69) is 6.92 Å². The van der Waals surface area contributed by atoms with Crippen LogP contribution in [0, 0.1) is 5.92 Å². The fraction of sp³-hybridized carbons (Fsp3) is 1.00. The molecule has 0 radical (unpaired) electrons. The molecule has 1 saturated carbocycles. The van der Waals surface area contributed by atoms with E-state index in [1.165, 1.54) is 19.3 Å². The number of sulfonamides is 1. The Morgan fingerprint density at radius 1 is 1.19 bits per heavy atom. The van der Waals surface area contributed by atoms with Crippen LogP contribution in [0.3, 0.4) is 0 Å². The molecule has 96 valence electrons. The van der Waals surface area contributed by atoms with Gasteiger partial charge in [0, 0.05) is 13.1 Å². The first kappa shape index (κ1) is 14.0. The molecule has 0 amide bonds. The van der Waals surface area contributed by atoms with Gasteiger partial charge >= 0.3 is 0 Å². The molecule has 0 unspecified atom stereocenters. The Kier molecular flexibility index (Phi) is 4.80. The van der Waals surface area contributed by atoms with Gasteiger partial charge in [0.15, 0.2) is 0 Å². The topological polar surface area (TPSA) is 37.4 Å². The van der Waals surface area contributed by atoms with E-state index in [0.717, 1.165) is 18.8 Å². The van der Waals surface area contributed by atoms with Crippen molar-refractivity contribution < 1.29 is 8.42 Å². The summed E-state index contributed by atoms with van der Waals surface area (Å²) in [7, 11) is -1.33. The van der Waals surface area contributed by atoms with E-state index in [9.17, 15) is 8.42 Å². The molecule has 0 atom stereocenters. The van der Waals surface area contributed by atoms with Gasteiger partial charge in [-0.2, -0.15) is 0 Å². The number of hydrogen-bond donors (Lipinski definition) is 0. The molecule has 16 heavy (non-hydrogen) atoms. The van der Waals surface area contributed by atoms with Gasteiger partial charge in [-0.05, 0) is 45.4 Å². The molecule has 1 fully saturated rings. The van der Waals surface area contributed by atoms with Crippen LogP contribution in [-0.4, -0.2) is 31.1 Å². The molecule has 1 aliphatic carbocycles. The summed E-state index contributed by atoms with van der Waals surface area (Å²) in [5.74, 6) is 0.811. The second kappa shape index (κ2) is 5.50. The monoisotopic (exact) mass is 247 g/mol. The minimum atomic E-state index is -3.07. The molecule has 0 aromatic heterocycles. The Hall–Kier alpha value is -0.0900.